The maximum absolute atomic E-state index is 5.23. The Kier molecular flexibility index (Phi) is 3.55. The predicted molar refractivity (Wildman–Crippen MR) is 60.7 cm³/mol. The number of rotatable bonds is 3. The Bertz CT molecular complexity index is 357. The van der Waals surface area contributed by atoms with E-state index in [2.05, 4.69) is 38.3 Å². The highest BCUT2D eigenvalue weighted by Gasteiger charge is 2.03. The van der Waals surface area contributed by atoms with Crippen LogP contribution in [0.25, 0.3) is 6.08 Å². The van der Waals surface area contributed by atoms with Gasteiger partial charge in [0.2, 0.25) is 0 Å². The van der Waals surface area contributed by atoms with Crippen LogP contribution in [0, 0.1) is 0 Å². The lowest BCUT2D eigenvalue weighted by molar-refractivity contribution is 0.413. The first-order valence-electron chi connectivity index (χ1n) is 4.72. The van der Waals surface area contributed by atoms with Crippen molar-refractivity contribution in [3.8, 4) is 5.75 Å². The third-order valence-electron chi connectivity index (χ3n) is 2.18. The number of ether oxygens (including phenoxy) is 1. The Balaban J connectivity index is 3.20. The van der Waals surface area contributed by atoms with E-state index < -0.39 is 0 Å². The second-order valence-electron chi connectivity index (χ2n) is 3.50. The molecule has 0 aliphatic rings. The molecule has 0 N–H and O–H groups in total. The van der Waals surface area contributed by atoms with Crippen LogP contribution in [0.2, 0.25) is 0 Å². The fraction of sp³-hybridized carbons (Fsp3) is 0.308. The van der Waals surface area contributed by atoms with E-state index in [1.165, 1.54) is 5.56 Å². The van der Waals surface area contributed by atoms with Crippen molar-refractivity contribution in [2.75, 3.05) is 7.11 Å². The maximum Gasteiger partial charge on any atom is 0.126 e. The number of hydrogen-bond acceptors (Lipinski definition) is 1. The topological polar surface area (TPSA) is 9.23 Å². The van der Waals surface area contributed by atoms with E-state index in [0.29, 0.717) is 5.92 Å². The molecule has 0 atom stereocenters. The van der Waals surface area contributed by atoms with Gasteiger partial charge < -0.3 is 4.74 Å². The molecule has 1 aromatic carbocycles. The summed E-state index contributed by atoms with van der Waals surface area (Å²) in [7, 11) is 1.67. The Hall–Kier alpha value is -1.46. The molecule has 0 aliphatic carbocycles. The molecule has 1 nitrogen and oxygen atoms in total. The van der Waals surface area contributed by atoms with Gasteiger partial charge in [0.15, 0.2) is 0 Å². The smallest absolute Gasteiger partial charge is 0.126 e. The first-order valence-corrected chi connectivity index (χ1v) is 4.72. The Labute approximate surface area is 85.7 Å². The Morgan fingerprint density at radius 3 is 2.64 bits per heavy atom. The lowest BCUT2D eigenvalue weighted by atomic mass is 10.0. The van der Waals surface area contributed by atoms with E-state index >= 15 is 0 Å². The van der Waals surface area contributed by atoms with Gasteiger partial charge in [-0.2, -0.15) is 0 Å². The third-order valence-corrected chi connectivity index (χ3v) is 2.18. The summed E-state index contributed by atoms with van der Waals surface area (Å²) >= 11 is 0. The second-order valence-corrected chi connectivity index (χ2v) is 3.50. The van der Waals surface area contributed by atoms with Gasteiger partial charge >= 0.3 is 0 Å². The molecule has 0 unspecified atom stereocenters. The van der Waals surface area contributed by atoms with Crippen molar-refractivity contribution in [1.82, 2.24) is 0 Å². The van der Waals surface area contributed by atoms with Crippen molar-refractivity contribution in [2.45, 2.75) is 19.8 Å². The standard InChI is InChI=1S/C13H16O/c1-5-6-12-9-11(10(2)3)7-8-13(12)14-4/h6-10H,1H2,2-4H3. The Morgan fingerprint density at radius 2 is 2.14 bits per heavy atom. The molecule has 14 heavy (non-hydrogen) atoms. The molecule has 1 aromatic rings. The number of hydrogen-bond donors (Lipinski definition) is 0. The minimum atomic E-state index is 0.526. The van der Waals surface area contributed by atoms with Crippen LogP contribution in [0.1, 0.15) is 30.9 Å². The van der Waals surface area contributed by atoms with Gasteiger partial charge in [-0.1, -0.05) is 26.5 Å². The normalized spacial score (nSPS) is 9.71. The van der Waals surface area contributed by atoms with E-state index in [0.717, 1.165) is 11.3 Å². The van der Waals surface area contributed by atoms with Gasteiger partial charge in [0.1, 0.15) is 5.75 Å². The predicted octanol–water partition coefficient (Wildman–Crippen LogP) is 3.62. The van der Waals surface area contributed by atoms with Crippen LogP contribution in [0.15, 0.2) is 30.5 Å². The van der Waals surface area contributed by atoms with Gasteiger partial charge in [0.05, 0.1) is 7.11 Å². The van der Waals surface area contributed by atoms with Gasteiger partial charge in [-0.25, -0.2) is 0 Å². The summed E-state index contributed by atoms with van der Waals surface area (Å²) in [6.07, 6.45) is 1.84. The summed E-state index contributed by atoms with van der Waals surface area (Å²) in [6, 6.07) is 6.18. The first-order chi connectivity index (χ1) is 6.69. The molecule has 0 fully saturated rings. The van der Waals surface area contributed by atoms with Crippen molar-refractivity contribution >= 4 is 6.08 Å². The van der Waals surface area contributed by atoms with Gasteiger partial charge in [-0.05, 0) is 29.7 Å². The molecule has 0 saturated heterocycles. The van der Waals surface area contributed by atoms with E-state index in [1.807, 2.05) is 12.1 Å². The maximum atomic E-state index is 5.23. The van der Waals surface area contributed by atoms with Gasteiger partial charge in [-0.15, -0.1) is 5.73 Å². The fourth-order valence-corrected chi connectivity index (χ4v) is 1.33. The summed E-state index contributed by atoms with van der Waals surface area (Å²) in [6.45, 7) is 7.91. The summed E-state index contributed by atoms with van der Waals surface area (Å²) in [5.41, 5.74) is 5.10. The number of methoxy groups -OCH3 is 1. The average Bonchev–Trinajstić information content (AvgIpc) is 2.18. The molecular formula is C13H16O. The molecule has 0 amide bonds. The summed E-state index contributed by atoms with van der Waals surface area (Å²) in [5, 5.41) is 0. The molecule has 0 spiro atoms. The lowest BCUT2D eigenvalue weighted by Crippen LogP contribution is -1.91. The summed E-state index contributed by atoms with van der Waals surface area (Å²) in [5.74, 6) is 1.39. The SMILES string of the molecule is C=C=Cc1cc(C(C)C)ccc1OC. The van der Waals surface area contributed by atoms with Crippen LogP contribution >= 0.6 is 0 Å². The second kappa shape index (κ2) is 4.69. The van der Waals surface area contributed by atoms with Crippen LogP contribution in [-0.4, -0.2) is 7.11 Å². The number of benzene rings is 1. The van der Waals surface area contributed by atoms with Crippen LogP contribution in [0.5, 0.6) is 5.75 Å². The van der Waals surface area contributed by atoms with Crippen molar-refractivity contribution in [1.29, 1.82) is 0 Å². The molecule has 0 heterocycles. The lowest BCUT2D eigenvalue weighted by Gasteiger charge is -2.09. The van der Waals surface area contributed by atoms with Gasteiger partial charge in [0.25, 0.3) is 0 Å². The minimum Gasteiger partial charge on any atom is -0.496 e. The van der Waals surface area contributed by atoms with Crippen molar-refractivity contribution < 1.29 is 4.74 Å². The van der Waals surface area contributed by atoms with E-state index in [1.54, 1.807) is 7.11 Å². The zero-order valence-corrected chi connectivity index (χ0v) is 9.00. The molecule has 1 rings (SSSR count). The first kappa shape index (κ1) is 10.6. The van der Waals surface area contributed by atoms with Crippen molar-refractivity contribution in [3.05, 3.63) is 41.6 Å². The molecule has 1 heteroatoms. The summed E-state index contributed by atoms with van der Waals surface area (Å²) < 4.78 is 5.23. The van der Waals surface area contributed by atoms with Gasteiger partial charge in [0, 0.05) is 5.56 Å². The largest absolute Gasteiger partial charge is 0.496 e. The van der Waals surface area contributed by atoms with Crippen LogP contribution in [0.4, 0.5) is 0 Å². The molecule has 0 aliphatic heterocycles. The zero-order valence-electron chi connectivity index (χ0n) is 9.00. The molecule has 0 aromatic heterocycles. The van der Waals surface area contributed by atoms with E-state index in [9.17, 15) is 0 Å². The molecule has 0 radical (unpaired) electrons. The van der Waals surface area contributed by atoms with Crippen LogP contribution in [-0.2, 0) is 0 Å². The fourth-order valence-electron chi connectivity index (χ4n) is 1.33. The average molecular weight is 188 g/mol. The monoisotopic (exact) mass is 188 g/mol. The van der Waals surface area contributed by atoms with Crippen molar-refractivity contribution in [2.24, 2.45) is 0 Å². The zero-order chi connectivity index (χ0) is 10.6. The van der Waals surface area contributed by atoms with Gasteiger partial charge in [-0.3, -0.25) is 0 Å². The van der Waals surface area contributed by atoms with E-state index in [4.69, 9.17) is 4.74 Å². The van der Waals surface area contributed by atoms with Crippen molar-refractivity contribution in [3.63, 3.8) is 0 Å². The van der Waals surface area contributed by atoms with Crippen LogP contribution < -0.4 is 4.74 Å². The molecule has 0 saturated carbocycles. The third kappa shape index (κ3) is 2.27. The van der Waals surface area contributed by atoms with Crippen LogP contribution in [0.3, 0.4) is 0 Å². The van der Waals surface area contributed by atoms with E-state index in [-0.39, 0.29) is 0 Å². The molecular weight excluding hydrogens is 172 g/mol. The minimum absolute atomic E-state index is 0.526. The summed E-state index contributed by atoms with van der Waals surface area (Å²) in [4.78, 5) is 0. The highest BCUT2D eigenvalue weighted by Crippen LogP contribution is 2.24. The quantitative estimate of drug-likeness (QED) is 0.658. The molecule has 74 valence electrons. The highest BCUT2D eigenvalue weighted by atomic mass is 16.5. The molecule has 0 bridgehead atoms. The highest BCUT2D eigenvalue weighted by molar-refractivity contribution is 5.58. The Morgan fingerprint density at radius 1 is 1.43 bits per heavy atom.